The first kappa shape index (κ1) is 19.0. The minimum absolute atomic E-state index is 0.0112. The lowest BCUT2D eigenvalue weighted by molar-refractivity contribution is -0.387. The van der Waals surface area contributed by atoms with E-state index in [2.05, 4.69) is 5.32 Å². The minimum Gasteiger partial charge on any atom is -0.416 e. The van der Waals surface area contributed by atoms with Crippen molar-refractivity contribution in [3.8, 4) is 11.1 Å². The van der Waals surface area contributed by atoms with Gasteiger partial charge in [-0.3, -0.25) is 14.9 Å². The van der Waals surface area contributed by atoms with Crippen molar-refractivity contribution in [1.82, 2.24) is 0 Å². The molecule has 30 heavy (non-hydrogen) atoms. The van der Waals surface area contributed by atoms with E-state index in [1.165, 1.54) is 6.07 Å². The largest absolute Gasteiger partial charge is 0.416 e. The molecule has 0 bridgehead atoms. The van der Waals surface area contributed by atoms with Gasteiger partial charge in [0.05, 0.1) is 10.3 Å². The molecule has 0 atom stereocenters. The van der Waals surface area contributed by atoms with Gasteiger partial charge in [-0.1, -0.05) is 48.5 Å². The number of hydrogen-bond acceptors (Lipinski definition) is 5. The lowest BCUT2D eigenvalue weighted by atomic mass is 9.98. The van der Waals surface area contributed by atoms with Crippen LogP contribution in [0.2, 0.25) is 0 Å². The molecule has 4 rings (SSSR count). The fourth-order valence-corrected chi connectivity index (χ4v) is 3.17. The maximum atomic E-state index is 13.6. The Morgan fingerprint density at radius 3 is 2.33 bits per heavy atom. The van der Waals surface area contributed by atoms with E-state index in [9.17, 15) is 24.1 Å². The Labute approximate surface area is 168 Å². The van der Waals surface area contributed by atoms with Crippen LogP contribution in [0, 0.1) is 15.9 Å². The Kier molecular flexibility index (Phi) is 4.81. The molecule has 0 aliphatic carbocycles. The molecule has 0 saturated carbocycles. The second-order valence-electron chi connectivity index (χ2n) is 6.38. The standard InChI is InChI=1S/C22H13FN2O5/c23-17-11-10-14(12-18(17)25(28)29)24-21(26)20-19(13-6-2-1-3-7-13)15-8-4-5-9-16(15)22(27)30-20/h1-12H,(H,24,26). The fraction of sp³-hybridized carbons (Fsp3) is 0. The number of carbonyl (C=O) groups excluding carboxylic acids is 1. The van der Waals surface area contributed by atoms with Crippen LogP contribution in [0.1, 0.15) is 10.6 Å². The number of carbonyl (C=O) groups is 1. The monoisotopic (exact) mass is 404 g/mol. The van der Waals surface area contributed by atoms with Gasteiger partial charge in [0, 0.05) is 22.7 Å². The van der Waals surface area contributed by atoms with Crippen molar-refractivity contribution in [2.45, 2.75) is 0 Å². The molecule has 0 radical (unpaired) electrons. The first-order valence-corrected chi connectivity index (χ1v) is 8.82. The van der Waals surface area contributed by atoms with E-state index < -0.39 is 28.0 Å². The van der Waals surface area contributed by atoms with Crippen LogP contribution in [0.4, 0.5) is 15.8 Å². The van der Waals surface area contributed by atoms with Crippen LogP contribution < -0.4 is 10.9 Å². The summed E-state index contributed by atoms with van der Waals surface area (Å²) < 4.78 is 18.9. The van der Waals surface area contributed by atoms with Crippen LogP contribution in [0.25, 0.3) is 21.9 Å². The molecule has 0 unspecified atom stereocenters. The van der Waals surface area contributed by atoms with Gasteiger partial charge in [0.1, 0.15) is 0 Å². The molecule has 4 aromatic rings. The smallest absolute Gasteiger partial charge is 0.344 e. The van der Waals surface area contributed by atoms with Crippen molar-refractivity contribution >= 4 is 28.1 Å². The third-order valence-electron chi connectivity index (χ3n) is 4.51. The molecule has 7 nitrogen and oxygen atoms in total. The zero-order valence-corrected chi connectivity index (χ0v) is 15.3. The van der Waals surface area contributed by atoms with Crippen molar-refractivity contribution in [2.75, 3.05) is 5.32 Å². The highest BCUT2D eigenvalue weighted by molar-refractivity contribution is 6.11. The number of nitro benzene ring substituents is 1. The number of hydrogen-bond donors (Lipinski definition) is 1. The average Bonchev–Trinajstić information content (AvgIpc) is 2.75. The van der Waals surface area contributed by atoms with Gasteiger partial charge >= 0.3 is 11.3 Å². The second-order valence-corrected chi connectivity index (χ2v) is 6.38. The highest BCUT2D eigenvalue weighted by Crippen LogP contribution is 2.31. The Balaban J connectivity index is 1.87. The zero-order valence-electron chi connectivity index (χ0n) is 15.3. The Bertz CT molecular complexity index is 1350. The van der Waals surface area contributed by atoms with Crippen molar-refractivity contribution in [3.63, 3.8) is 0 Å². The van der Waals surface area contributed by atoms with Crippen molar-refractivity contribution < 1.29 is 18.5 Å². The summed E-state index contributed by atoms with van der Waals surface area (Å²) in [7, 11) is 0. The predicted molar refractivity (Wildman–Crippen MR) is 109 cm³/mol. The van der Waals surface area contributed by atoms with Crippen LogP contribution in [0.15, 0.2) is 82.0 Å². The van der Waals surface area contributed by atoms with E-state index in [0.29, 0.717) is 21.9 Å². The van der Waals surface area contributed by atoms with E-state index in [1.807, 2.05) is 6.07 Å². The number of nitro groups is 1. The molecular formula is C22H13FN2O5. The molecule has 3 aromatic carbocycles. The Morgan fingerprint density at radius 2 is 1.63 bits per heavy atom. The normalized spacial score (nSPS) is 10.7. The summed E-state index contributed by atoms with van der Waals surface area (Å²) in [5.41, 5.74) is -0.438. The number of nitrogens with zero attached hydrogens (tertiary/aromatic N) is 1. The van der Waals surface area contributed by atoms with Crippen LogP contribution >= 0.6 is 0 Å². The van der Waals surface area contributed by atoms with Crippen molar-refractivity contribution in [3.05, 3.63) is 105 Å². The predicted octanol–water partition coefficient (Wildman–Crippen LogP) is 4.76. The number of fused-ring (bicyclic) bond motifs is 1. The number of nitrogens with one attached hydrogen (secondary N) is 1. The molecule has 148 valence electrons. The summed E-state index contributed by atoms with van der Waals surface area (Å²) in [6.07, 6.45) is 0. The molecule has 1 aromatic heterocycles. The topological polar surface area (TPSA) is 102 Å². The van der Waals surface area contributed by atoms with Crippen LogP contribution in [-0.4, -0.2) is 10.8 Å². The summed E-state index contributed by atoms with van der Waals surface area (Å²) in [6.45, 7) is 0. The molecule has 0 aliphatic rings. The number of benzene rings is 3. The average molecular weight is 404 g/mol. The van der Waals surface area contributed by atoms with E-state index in [1.54, 1.807) is 48.5 Å². The number of anilines is 1. The van der Waals surface area contributed by atoms with Crippen molar-refractivity contribution in [1.29, 1.82) is 0 Å². The quantitative estimate of drug-likeness (QED) is 0.390. The van der Waals surface area contributed by atoms with E-state index >= 15 is 0 Å². The first-order chi connectivity index (χ1) is 14.5. The summed E-state index contributed by atoms with van der Waals surface area (Å²) in [6, 6.07) is 18.6. The van der Waals surface area contributed by atoms with Crippen LogP contribution in [0.5, 0.6) is 0 Å². The highest BCUT2D eigenvalue weighted by Gasteiger charge is 2.22. The highest BCUT2D eigenvalue weighted by atomic mass is 19.1. The van der Waals surface area contributed by atoms with Crippen LogP contribution in [-0.2, 0) is 0 Å². The number of rotatable bonds is 4. The Morgan fingerprint density at radius 1 is 0.967 bits per heavy atom. The lowest BCUT2D eigenvalue weighted by Crippen LogP contribution is -2.17. The summed E-state index contributed by atoms with van der Waals surface area (Å²) >= 11 is 0. The molecule has 1 amide bonds. The van der Waals surface area contributed by atoms with E-state index in [0.717, 1.165) is 12.1 Å². The first-order valence-electron chi connectivity index (χ1n) is 8.82. The molecular weight excluding hydrogens is 391 g/mol. The molecule has 0 aliphatic heterocycles. The van der Waals surface area contributed by atoms with Gasteiger partial charge < -0.3 is 9.73 Å². The van der Waals surface area contributed by atoms with Gasteiger partial charge in [0.15, 0.2) is 0 Å². The van der Waals surface area contributed by atoms with Gasteiger partial charge in [-0.2, -0.15) is 4.39 Å². The summed E-state index contributed by atoms with van der Waals surface area (Å²) in [4.78, 5) is 35.5. The van der Waals surface area contributed by atoms with Gasteiger partial charge in [-0.25, -0.2) is 4.79 Å². The molecule has 1 N–H and O–H groups in total. The second kappa shape index (κ2) is 7.59. The minimum atomic E-state index is -1.03. The molecule has 1 heterocycles. The number of amides is 1. The molecule has 8 heteroatoms. The number of halogens is 1. The molecule has 0 saturated heterocycles. The van der Waals surface area contributed by atoms with Gasteiger partial charge in [0.25, 0.3) is 5.91 Å². The SMILES string of the molecule is O=C(Nc1ccc(F)c([N+](=O)[O-])c1)c1oc(=O)c2ccccc2c1-c1ccccc1. The maximum Gasteiger partial charge on any atom is 0.344 e. The van der Waals surface area contributed by atoms with Gasteiger partial charge in [-0.05, 0) is 23.8 Å². The summed E-state index contributed by atoms with van der Waals surface area (Å²) in [5.74, 6) is -2.07. The van der Waals surface area contributed by atoms with Gasteiger partial charge in [-0.15, -0.1) is 0 Å². The third-order valence-corrected chi connectivity index (χ3v) is 4.51. The molecule has 0 fully saturated rings. The van der Waals surface area contributed by atoms with Crippen LogP contribution in [0.3, 0.4) is 0 Å². The zero-order chi connectivity index (χ0) is 21.3. The molecule has 0 spiro atoms. The third kappa shape index (κ3) is 3.42. The van der Waals surface area contributed by atoms with E-state index in [-0.39, 0.29) is 11.4 Å². The van der Waals surface area contributed by atoms with E-state index in [4.69, 9.17) is 4.42 Å². The lowest BCUT2D eigenvalue weighted by Gasteiger charge is -2.12. The fourth-order valence-electron chi connectivity index (χ4n) is 3.17. The Hall–Kier alpha value is -4.33. The van der Waals surface area contributed by atoms with Crippen molar-refractivity contribution in [2.24, 2.45) is 0 Å². The van der Waals surface area contributed by atoms with Gasteiger partial charge in [0.2, 0.25) is 11.6 Å². The maximum absolute atomic E-state index is 13.6. The summed E-state index contributed by atoms with van der Waals surface area (Å²) in [5, 5.41) is 14.2.